The summed E-state index contributed by atoms with van der Waals surface area (Å²) in [7, 11) is 1.55. The standard InChI is InChI=1S/C13H11BrO3S/c1-16-12-6-9(7-15)2-3-11(12)17-8-13-10(14)4-5-18-13/h2-7H,8H2,1H3. The molecule has 0 spiro atoms. The smallest absolute Gasteiger partial charge is 0.161 e. The van der Waals surface area contributed by atoms with Crippen LogP contribution in [0.2, 0.25) is 0 Å². The van der Waals surface area contributed by atoms with E-state index in [2.05, 4.69) is 15.9 Å². The maximum atomic E-state index is 10.7. The molecule has 18 heavy (non-hydrogen) atoms. The zero-order chi connectivity index (χ0) is 13.0. The number of hydrogen-bond donors (Lipinski definition) is 0. The number of halogens is 1. The van der Waals surface area contributed by atoms with Gasteiger partial charge >= 0.3 is 0 Å². The Hall–Kier alpha value is -1.33. The van der Waals surface area contributed by atoms with Crippen molar-refractivity contribution in [2.45, 2.75) is 6.61 Å². The van der Waals surface area contributed by atoms with Crippen LogP contribution >= 0.6 is 27.3 Å². The highest BCUT2D eigenvalue weighted by molar-refractivity contribution is 9.10. The highest BCUT2D eigenvalue weighted by Crippen LogP contribution is 2.30. The molecule has 0 aliphatic carbocycles. The lowest BCUT2D eigenvalue weighted by atomic mass is 10.2. The minimum atomic E-state index is 0.467. The van der Waals surface area contributed by atoms with Crippen LogP contribution in [-0.4, -0.2) is 13.4 Å². The molecule has 1 aromatic carbocycles. The first kappa shape index (κ1) is 13.1. The average molecular weight is 327 g/mol. The van der Waals surface area contributed by atoms with Crippen molar-refractivity contribution in [1.29, 1.82) is 0 Å². The number of hydrogen-bond acceptors (Lipinski definition) is 4. The van der Waals surface area contributed by atoms with Crippen LogP contribution in [0.1, 0.15) is 15.2 Å². The van der Waals surface area contributed by atoms with Crippen molar-refractivity contribution < 1.29 is 14.3 Å². The van der Waals surface area contributed by atoms with Crippen molar-refractivity contribution in [3.05, 3.63) is 44.6 Å². The minimum absolute atomic E-state index is 0.467. The summed E-state index contributed by atoms with van der Waals surface area (Å²) in [6.07, 6.45) is 0.780. The SMILES string of the molecule is COc1cc(C=O)ccc1OCc1sccc1Br. The van der Waals surface area contributed by atoms with Crippen molar-refractivity contribution in [2.24, 2.45) is 0 Å². The highest BCUT2D eigenvalue weighted by atomic mass is 79.9. The molecule has 0 saturated carbocycles. The van der Waals surface area contributed by atoms with Gasteiger partial charge in [-0.3, -0.25) is 4.79 Å². The van der Waals surface area contributed by atoms with Crippen LogP contribution < -0.4 is 9.47 Å². The summed E-state index contributed by atoms with van der Waals surface area (Å²) in [5.74, 6) is 1.19. The molecule has 3 nitrogen and oxygen atoms in total. The Morgan fingerprint density at radius 3 is 2.78 bits per heavy atom. The van der Waals surface area contributed by atoms with Crippen molar-refractivity contribution >= 4 is 33.6 Å². The predicted molar refractivity (Wildman–Crippen MR) is 74.7 cm³/mol. The largest absolute Gasteiger partial charge is 0.493 e. The number of ether oxygens (including phenoxy) is 2. The number of aldehydes is 1. The van der Waals surface area contributed by atoms with Crippen LogP contribution in [-0.2, 0) is 6.61 Å². The van der Waals surface area contributed by atoms with Gasteiger partial charge in [-0.25, -0.2) is 0 Å². The number of benzene rings is 1. The second-order valence-electron chi connectivity index (χ2n) is 3.51. The monoisotopic (exact) mass is 326 g/mol. The van der Waals surface area contributed by atoms with E-state index in [-0.39, 0.29) is 0 Å². The quantitative estimate of drug-likeness (QED) is 0.781. The van der Waals surface area contributed by atoms with E-state index < -0.39 is 0 Å². The summed E-state index contributed by atoms with van der Waals surface area (Å²) >= 11 is 5.07. The van der Waals surface area contributed by atoms with Gasteiger partial charge in [-0.1, -0.05) is 0 Å². The van der Waals surface area contributed by atoms with Gasteiger partial charge in [0.25, 0.3) is 0 Å². The molecule has 0 radical (unpaired) electrons. The fourth-order valence-electron chi connectivity index (χ4n) is 1.45. The van der Waals surface area contributed by atoms with E-state index in [9.17, 15) is 4.79 Å². The second kappa shape index (κ2) is 6.02. The minimum Gasteiger partial charge on any atom is -0.493 e. The topological polar surface area (TPSA) is 35.5 Å². The molecule has 2 rings (SSSR count). The van der Waals surface area contributed by atoms with Gasteiger partial charge < -0.3 is 9.47 Å². The number of carbonyl (C=O) groups excluding carboxylic acids is 1. The normalized spacial score (nSPS) is 10.1. The molecule has 0 amide bonds. The summed E-state index contributed by atoms with van der Waals surface area (Å²) < 4.78 is 11.9. The number of methoxy groups -OCH3 is 1. The molecule has 0 N–H and O–H groups in total. The fraction of sp³-hybridized carbons (Fsp3) is 0.154. The van der Waals surface area contributed by atoms with Gasteiger partial charge in [-0.15, -0.1) is 11.3 Å². The van der Waals surface area contributed by atoms with E-state index in [1.165, 1.54) is 0 Å². The molecule has 0 bridgehead atoms. The average Bonchev–Trinajstić information content (AvgIpc) is 2.81. The van der Waals surface area contributed by atoms with E-state index in [4.69, 9.17) is 9.47 Å². The Morgan fingerprint density at radius 1 is 1.33 bits per heavy atom. The van der Waals surface area contributed by atoms with Crippen molar-refractivity contribution in [2.75, 3.05) is 7.11 Å². The van der Waals surface area contributed by atoms with Crippen molar-refractivity contribution in [3.8, 4) is 11.5 Å². The summed E-state index contributed by atoms with van der Waals surface area (Å²) in [6.45, 7) is 0.467. The molecule has 94 valence electrons. The van der Waals surface area contributed by atoms with Crippen LogP contribution in [0.3, 0.4) is 0 Å². The van der Waals surface area contributed by atoms with E-state index in [1.807, 2.05) is 11.4 Å². The first-order valence-electron chi connectivity index (χ1n) is 5.22. The Bertz CT molecular complexity index is 551. The number of thiophene rings is 1. The molecule has 0 fully saturated rings. The van der Waals surface area contributed by atoms with Crippen LogP contribution in [0, 0.1) is 0 Å². The first-order valence-corrected chi connectivity index (χ1v) is 6.89. The third-order valence-electron chi connectivity index (χ3n) is 2.37. The van der Waals surface area contributed by atoms with Gasteiger partial charge in [0, 0.05) is 10.0 Å². The molecule has 0 atom stereocenters. The lowest BCUT2D eigenvalue weighted by Gasteiger charge is -2.10. The van der Waals surface area contributed by atoms with E-state index >= 15 is 0 Å². The van der Waals surface area contributed by atoms with Crippen LogP contribution in [0.15, 0.2) is 34.1 Å². The molecule has 0 unspecified atom stereocenters. The summed E-state index contributed by atoms with van der Waals surface area (Å²) in [6, 6.07) is 7.08. The van der Waals surface area contributed by atoms with Gasteiger partial charge in [0.2, 0.25) is 0 Å². The summed E-state index contributed by atoms with van der Waals surface area (Å²) in [4.78, 5) is 11.8. The van der Waals surface area contributed by atoms with Crippen LogP contribution in [0.5, 0.6) is 11.5 Å². The Balaban J connectivity index is 2.14. The fourth-order valence-corrected chi connectivity index (χ4v) is 2.83. The van der Waals surface area contributed by atoms with Crippen molar-refractivity contribution in [1.82, 2.24) is 0 Å². The molecule has 0 aliphatic heterocycles. The Kier molecular flexibility index (Phi) is 4.38. The van der Waals surface area contributed by atoms with E-state index in [0.717, 1.165) is 15.6 Å². The highest BCUT2D eigenvalue weighted by Gasteiger charge is 2.07. The third kappa shape index (κ3) is 2.91. The third-order valence-corrected chi connectivity index (χ3v) is 4.27. The molecule has 2 aromatic rings. The lowest BCUT2D eigenvalue weighted by Crippen LogP contribution is -1.97. The summed E-state index contributed by atoms with van der Waals surface area (Å²) in [5, 5.41) is 2.00. The van der Waals surface area contributed by atoms with Crippen LogP contribution in [0.25, 0.3) is 0 Å². The van der Waals surface area contributed by atoms with E-state index in [0.29, 0.717) is 23.7 Å². The van der Waals surface area contributed by atoms with Gasteiger partial charge in [-0.2, -0.15) is 0 Å². The Labute approximate surface area is 117 Å². The number of carbonyl (C=O) groups is 1. The van der Waals surface area contributed by atoms with Gasteiger partial charge in [-0.05, 0) is 45.6 Å². The molecule has 1 aromatic heterocycles. The zero-order valence-electron chi connectivity index (χ0n) is 9.68. The molecular formula is C13H11BrO3S. The van der Waals surface area contributed by atoms with Gasteiger partial charge in [0.05, 0.1) is 12.0 Å². The van der Waals surface area contributed by atoms with Crippen LogP contribution in [0.4, 0.5) is 0 Å². The van der Waals surface area contributed by atoms with Gasteiger partial charge in [0.1, 0.15) is 12.9 Å². The Morgan fingerprint density at radius 2 is 2.17 bits per heavy atom. The molecule has 1 heterocycles. The first-order chi connectivity index (χ1) is 8.74. The summed E-state index contributed by atoms with van der Waals surface area (Å²) in [5.41, 5.74) is 0.566. The van der Waals surface area contributed by atoms with E-state index in [1.54, 1.807) is 36.6 Å². The lowest BCUT2D eigenvalue weighted by molar-refractivity contribution is 0.112. The predicted octanol–water partition coefficient (Wildman–Crippen LogP) is 3.91. The zero-order valence-corrected chi connectivity index (χ0v) is 12.1. The maximum Gasteiger partial charge on any atom is 0.161 e. The van der Waals surface area contributed by atoms with Crippen molar-refractivity contribution in [3.63, 3.8) is 0 Å². The molecule has 0 aliphatic rings. The second-order valence-corrected chi connectivity index (χ2v) is 5.36. The molecular weight excluding hydrogens is 316 g/mol. The van der Waals surface area contributed by atoms with Gasteiger partial charge in [0.15, 0.2) is 11.5 Å². The maximum absolute atomic E-state index is 10.7. The molecule has 5 heteroatoms. The molecule has 0 saturated heterocycles. The number of rotatable bonds is 5.